The monoisotopic (exact) mass is 324 g/mol. The number of aromatic nitrogens is 2. The molecule has 2 amide bonds. The fraction of sp³-hybridized carbons (Fsp3) is 0.118. The normalized spacial score (nSPS) is 10.5. The van der Waals surface area contributed by atoms with Crippen molar-refractivity contribution in [1.29, 1.82) is 0 Å². The third-order valence-corrected chi connectivity index (χ3v) is 3.33. The van der Waals surface area contributed by atoms with Gasteiger partial charge >= 0.3 is 0 Å². The number of nitrogens with two attached hydrogens (primary N) is 1. The van der Waals surface area contributed by atoms with E-state index in [1.54, 1.807) is 24.3 Å². The van der Waals surface area contributed by atoms with E-state index in [0.29, 0.717) is 17.1 Å². The van der Waals surface area contributed by atoms with Crippen LogP contribution in [-0.4, -0.2) is 28.4 Å². The van der Waals surface area contributed by atoms with Crippen molar-refractivity contribution in [3.05, 3.63) is 59.9 Å². The lowest BCUT2D eigenvalue weighted by atomic mass is 10.2. The maximum absolute atomic E-state index is 12.2. The summed E-state index contributed by atoms with van der Waals surface area (Å²) in [4.78, 5) is 30.5. The fourth-order valence-electron chi connectivity index (χ4n) is 2.24. The maximum atomic E-state index is 12.2. The zero-order valence-electron chi connectivity index (χ0n) is 12.8. The molecular formula is C17H16N4O3. The van der Waals surface area contributed by atoms with E-state index in [1.807, 2.05) is 24.3 Å². The molecule has 7 nitrogen and oxygen atoms in total. The first-order valence-corrected chi connectivity index (χ1v) is 7.35. The van der Waals surface area contributed by atoms with Crippen LogP contribution < -0.4 is 15.8 Å². The highest BCUT2D eigenvalue weighted by Gasteiger charge is 2.09. The van der Waals surface area contributed by atoms with Gasteiger partial charge in [-0.05, 0) is 30.3 Å². The van der Waals surface area contributed by atoms with Gasteiger partial charge in [-0.25, -0.2) is 4.98 Å². The smallest absolute Gasteiger partial charge is 0.255 e. The summed E-state index contributed by atoms with van der Waals surface area (Å²) in [5.74, 6) is 0.241. The number of fused-ring (bicyclic) bond motifs is 1. The first kappa shape index (κ1) is 15.5. The zero-order valence-corrected chi connectivity index (χ0v) is 12.8. The number of benzene rings is 2. The van der Waals surface area contributed by atoms with Gasteiger partial charge < -0.3 is 20.8 Å². The van der Waals surface area contributed by atoms with Gasteiger partial charge in [0.2, 0.25) is 0 Å². The maximum Gasteiger partial charge on any atom is 0.255 e. The van der Waals surface area contributed by atoms with Crippen molar-refractivity contribution >= 4 is 22.8 Å². The lowest BCUT2D eigenvalue weighted by molar-refractivity contribution is -0.119. The predicted octanol–water partition coefficient (Wildman–Crippen LogP) is 1.36. The molecule has 122 valence electrons. The summed E-state index contributed by atoms with van der Waals surface area (Å²) in [5, 5.41) is 2.79. The van der Waals surface area contributed by atoms with Gasteiger partial charge in [0.15, 0.2) is 6.61 Å². The number of para-hydroxylation sites is 2. The molecule has 3 rings (SSSR count). The van der Waals surface area contributed by atoms with Crippen LogP contribution in [-0.2, 0) is 11.3 Å². The zero-order chi connectivity index (χ0) is 16.9. The van der Waals surface area contributed by atoms with Crippen molar-refractivity contribution in [3.8, 4) is 5.75 Å². The Balaban J connectivity index is 1.64. The highest BCUT2D eigenvalue weighted by molar-refractivity contribution is 5.94. The Hall–Kier alpha value is -3.35. The molecule has 0 atom stereocenters. The van der Waals surface area contributed by atoms with Crippen LogP contribution in [0.25, 0.3) is 11.0 Å². The van der Waals surface area contributed by atoms with Crippen LogP contribution >= 0.6 is 0 Å². The lowest BCUT2D eigenvalue weighted by Gasteiger charge is -2.07. The minimum atomic E-state index is -0.574. The summed E-state index contributed by atoms with van der Waals surface area (Å²) in [5.41, 5.74) is 7.22. The number of imidazole rings is 1. The molecule has 0 saturated heterocycles. The van der Waals surface area contributed by atoms with Crippen molar-refractivity contribution in [2.45, 2.75) is 6.54 Å². The number of carbonyl (C=O) groups excluding carboxylic acids is 2. The van der Waals surface area contributed by atoms with Crippen LogP contribution in [0, 0.1) is 0 Å². The van der Waals surface area contributed by atoms with Crippen molar-refractivity contribution in [1.82, 2.24) is 15.3 Å². The molecule has 0 spiro atoms. The van der Waals surface area contributed by atoms with Crippen LogP contribution in [0.2, 0.25) is 0 Å². The Kier molecular flexibility index (Phi) is 4.42. The second-order valence-electron chi connectivity index (χ2n) is 5.17. The van der Waals surface area contributed by atoms with E-state index in [0.717, 1.165) is 11.0 Å². The number of amides is 2. The second kappa shape index (κ2) is 6.82. The molecule has 0 aliphatic carbocycles. The average molecular weight is 324 g/mol. The van der Waals surface area contributed by atoms with E-state index in [9.17, 15) is 9.59 Å². The fourth-order valence-corrected chi connectivity index (χ4v) is 2.24. The molecule has 0 bridgehead atoms. The molecule has 4 N–H and O–H groups in total. The number of nitrogens with one attached hydrogen (secondary N) is 2. The molecule has 7 heteroatoms. The molecular weight excluding hydrogens is 308 g/mol. The van der Waals surface area contributed by atoms with Crippen LogP contribution in [0.1, 0.15) is 16.2 Å². The Morgan fingerprint density at radius 1 is 1.17 bits per heavy atom. The second-order valence-corrected chi connectivity index (χ2v) is 5.17. The highest BCUT2D eigenvalue weighted by atomic mass is 16.5. The number of primary amides is 1. The summed E-state index contributed by atoms with van der Waals surface area (Å²) in [6, 6.07) is 14.2. The number of hydrogen-bond acceptors (Lipinski definition) is 4. The summed E-state index contributed by atoms with van der Waals surface area (Å²) in [6.07, 6.45) is 0. The summed E-state index contributed by atoms with van der Waals surface area (Å²) >= 11 is 0. The summed E-state index contributed by atoms with van der Waals surface area (Å²) < 4.78 is 5.19. The summed E-state index contributed by atoms with van der Waals surface area (Å²) in [7, 11) is 0. The van der Waals surface area contributed by atoms with Gasteiger partial charge in [0.05, 0.1) is 17.6 Å². The van der Waals surface area contributed by atoms with E-state index >= 15 is 0 Å². The van der Waals surface area contributed by atoms with Crippen LogP contribution in [0.3, 0.4) is 0 Å². The number of carbonyl (C=O) groups is 2. The van der Waals surface area contributed by atoms with Gasteiger partial charge in [0.1, 0.15) is 11.6 Å². The standard InChI is InChI=1S/C17H16N4O3/c18-15(22)10-24-12-5-3-4-11(8-12)17(23)19-9-16-20-13-6-1-2-7-14(13)21-16/h1-8H,9-10H2,(H2,18,22)(H,19,23)(H,20,21). The number of rotatable bonds is 6. The van der Waals surface area contributed by atoms with E-state index in [-0.39, 0.29) is 19.1 Å². The topological polar surface area (TPSA) is 110 Å². The largest absolute Gasteiger partial charge is 0.484 e. The van der Waals surface area contributed by atoms with Gasteiger partial charge in [-0.3, -0.25) is 9.59 Å². The van der Waals surface area contributed by atoms with E-state index < -0.39 is 5.91 Å². The third-order valence-electron chi connectivity index (χ3n) is 3.33. The molecule has 0 aliphatic heterocycles. The average Bonchev–Trinajstić information content (AvgIpc) is 3.01. The SMILES string of the molecule is NC(=O)COc1cccc(C(=O)NCc2nc3ccccc3[nH]2)c1. The first-order valence-electron chi connectivity index (χ1n) is 7.35. The molecule has 0 radical (unpaired) electrons. The number of H-pyrrole nitrogens is 1. The number of hydrogen-bond donors (Lipinski definition) is 3. The van der Waals surface area contributed by atoms with E-state index in [1.165, 1.54) is 0 Å². The van der Waals surface area contributed by atoms with Crippen molar-refractivity contribution in [2.75, 3.05) is 6.61 Å². The Bertz CT molecular complexity index is 855. The number of nitrogens with zero attached hydrogens (tertiary/aromatic N) is 1. The molecule has 1 heterocycles. The first-order chi connectivity index (χ1) is 11.6. The molecule has 1 aromatic heterocycles. The minimum Gasteiger partial charge on any atom is -0.484 e. The number of aromatic amines is 1. The van der Waals surface area contributed by atoms with Gasteiger partial charge in [0, 0.05) is 5.56 Å². The van der Waals surface area contributed by atoms with Crippen molar-refractivity contribution in [2.24, 2.45) is 5.73 Å². The predicted molar refractivity (Wildman–Crippen MR) is 88.4 cm³/mol. The minimum absolute atomic E-state index is 0.232. The van der Waals surface area contributed by atoms with Crippen molar-refractivity contribution in [3.63, 3.8) is 0 Å². The summed E-state index contributed by atoms with van der Waals surface area (Å²) in [6.45, 7) is 0.0456. The molecule has 2 aromatic carbocycles. The highest BCUT2D eigenvalue weighted by Crippen LogP contribution is 2.14. The number of ether oxygens (including phenoxy) is 1. The van der Waals surface area contributed by atoms with Crippen molar-refractivity contribution < 1.29 is 14.3 Å². The third kappa shape index (κ3) is 3.70. The quantitative estimate of drug-likeness (QED) is 0.636. The van der Waals surface area contributed by atoms with Gasteiger partial charge in [-0.2, -0.15) is 0 Å². The Morgan fingerprint density at radius 2 is 2.00 bits per heavy atom. The Morgan fingerprint density at radius 3 is 2.79 bits per heavy atom. The van der Waals surface area contributed by atoms with Gasteiger partial charge in [-0.1, -0.05) is 18.2 Å². The Labute approximate surface area is 137 Å². The molecule has 0 unspecified atom stereocenters. The van der Waals surface area contributed by atoms with E-state index in [2.05, 4.69) is 15.3 Å². The van der Waals surface area contributed by atoms with Crippen LogP contribution in [0.4, 0.5) is 0 Å². The molecule has 24 heavy (non-hydrogen) atoms. The van der Waals surface area contributed by atoms with Gasteiger partial charge in [-0.15, -0.1) is 0 Å². The molecule has 3 aromatic rings. The van der Waals surface area contributed by atoms with Crippen LogP contribution in [0.5, 0.6) is 5.75 Å². The molecule has 0 saturated carbocycles. The van der Waals surface area contributed by atoms with Crippen LogP contribution in [0.15, 0.2) is 48.5 Å². The lowest BCUT2D eigenvalue weighted by Crippen LogP contribution is -2.23. The van der Waals surface area contributed by atoms with Gasteiger partial charge in [0.25, 0.3) is 11.8 Å². The van der Waals surface area contributed by atoms with E-state index in [4.69, 9.17) is 10.5 Å². The molecule has 0 aliphatic rings. The molecule has 0 fully saturated rings.